The molecule has 1 heterocycles. The van der Waals surface area contributed by atoms with E-state index in [-0.39, 0.29) is 18.5 Å². The summed E-state index contributed by atoms with van der Waals surface area (Å²) in [6.45, 7) is 8.79. The highest BCUT2D eigenvalue weighted by atomic mass is 32.1. The summed E-state index contributed by atoms with van der Waals surface area (Å²) >= 11 is 1.75. The fraction of sp³-hybridized carbons (Fsp3) is 0.571. The van der Waals surface area contributed by atoms with E-state index in [1.807, 2.05) is 13.8 Å². The zero-order chi connectivity index (χ0) is 15.1. The zero-order valence-electron chi connectivity index (χ0n) is 12.5. The summed E-state index contributed by atoms with van der Waals surface area (Å²) in [7, 11) is 0. The third-order valence-electron chi connectivity index (χ3n) is 2.90. The average Bonchev–Trinajstić information content (AvgIpc) is 2.72. The van der Waals surface area contributed by atoms with Gasteiger partial charge in [0.1, 0.15) is 0 Å². The Labute approximate surface area is 124 Å². The van der Waals surface area contributed by atoms with E-state index >= 15 is 0 Å². The number of amides is 3. The van der Waals surface area contributed by atoms with Crippen molar-refractivity contribution in [3.63, 3.8) is 0 Å². The molecule has 0 saturated carbocycles. The number of nitrogens with one attached hydrogen (secondary N) is 3. The molecule has 3 amide bonds. The second kappa shape index (κ2) is 8.01. The standard InChI is InChI=1S/C14H23N3O2S/c1-5-6-15-14(19)17-13(18)8-16-10(3)12-7-9(2)20-11(12)4/h7,10,16H,5-6,8H2,1-4H3,(H2,15,17,18,19)/t10-/m0/s1. The fourth-order valence-corrected chi connectivity index (χ4v) is 2.91. The predicted octanol–water partition coefficient (Wildman–Crippen LogP) is 2.25. The molecule has 0 bridgehead atoms. The van der Waals surface area contributed by atoms with Gasteiger partial charge in [-0.1, -0.05) is 6.92 Å². The van der Waals surface area contributed by atoms with Gasteiger partial charge in [0.2, 0.25) is 5.91 Å². The van der Waals surface area contributed by atoms with Crippen molar-refractivity contribution in [2.75, 3.05) is 13.1 Å². The number of rotatable bonds is 6. The van der Waals surface area contributed by atoms with E-state index in [1.165, 1.54) is 15.3 Å². The van der Waals surface area contributed by atoms with Gasteiger partial charge in [0.25, 0.3) is 0 Å². The molecule has 0 unspecified atom stereocenters. The highest BCUT2D eigenvalue weighted by Crippen LogP contribution is 2.25. The molecule has 0 aromatic carbocycles. The molecule has 0 saturated heterocycles. The van der Waals surface area contributed by atoms with Gasteiger partial charge in [-0.15, -0.1) is 11.3 Å². The number of hydrogen-bond donors (Lipinski definition) is 3. The molecule has 1 aromatic rings. The van der Waals surface area contributed by atoms with Gasteiger partial charge in [-0.25, -0.2) is 4.79 Å². The van der Waals surface area contributed by atoms with E-state index in [0.29, 0.717) is 6.54 Å². The van der Waals surface area contributed by atoms with E-state index < -0.39 is 6.03 Å². The van der Waals surface area contributed by atoms with Crippen LogP contribution >= 0.6 is 11.3 Å². The van der Waals surface area contributed by atoms with Gasteiger partial charge in [0.15, 0.2) is 0 Å². The Morgan fingerprint density at radius 2 is 2.05 bits per heavy atom. The molecule has 0 spiro atoms. The number of aryl methyl sites for hydroxylation is 2. The van der Waals surface area contributed by atoms with Crippen LogP contribution in [0.4, 0.5) is 4.79 Å². The molecule has 0 aliphatic heterocycles. The topological polar surface area (TPSA) is 70.2 Å². The summed E-state index contributed by atoms with van der Waals surface area (Å²) in [5.41, 5.74) is 1.20. The lowest BCUT2D eigenvalue weighted by molar-refractivity contribution is -0.119. The van der Waals surface area contributed by atoms with Crippen LogP contribution in [0.25, 0.3) is 0 Å². The van der Waals surface area contributed by atoms with Gasteiger partial charge >= 0.3 is 6.03 Å². The molecular formula is C14H23N3O2S. The molecule has 6 heteroatoms. The minimum atomic E-state index is -0.436. The van der Waals surface area contributed by atoms with Crippen molar-refractivity contribution in [2.24, 2.45) is 0 Å². The molecule has 0 radical (unpaired) electrons. The van der Waals surface area contributed by atoms with Crippen molar-refractivity contribution >= 4 is 23.3 Å². The van der Waals surface area contributed by atoms with Crippen LogP contribution < -0.4 is 16.0 Å². The molecular weight excluding hydrogens is 274 g/mol. The van der Waals surface area contributed by atoms with Gasteiger partial charge in [-0.05, 0) is 38.8 Å². The first kappa shape index (κ1) is 16.7. The lowest BCUT2D eigenvalue weighted by atomic mass is 10.1. The number of hydrogen-bond acceptors (Lipinski definition) is 4. The normalized spacial score (nSPS) is 12.0. The van der Waals surface area contributed by atoms with E-state index in [1.54, 1.807) is 11.3 Å². The van der Waals surface area contributed by atoms with Crippen molar-refractivity contribution in [3.05, 3.63) is 21.4 Å². The first-order chi connectivity index (χ1) is 9.43. The maximum atomic E-state index is 11.6. The SMILES string of the molecule is CCCNC(=O)NC(=O)CN[C@@H](C)c1cc(C)sc1C. The minimum absolute atomic E-state index is 0.0874. The predicted molar refractivity (Wildman–Crippen MR) is 82.0 cm³/mol. The second-order valence-electron chi connectivity index (χ2n) is 4.78. The summed E-state index contributed by atoms with van der Waals surface area (Å²) in [5, 5.41) is 8.02. The zero-order valence-corrected chi connectivity index (χ0v) is 13.3. The fourth-order valence-electron chi connectivity index (χ4n) is 1.89. The highest BCUT2D eigenvalue weighted by Gasteiger charge is 2.13. The van der Waals surface area contributed by atoms with Crippen molar-refractivity contribution in [2.45, 2.75) is 40.2 Å². The van der Waals surface area contributed by atoms with Crippen LogP contribution in [0.1, 0.15) is 41.6 Å². The van der Waals surface area contributed by atoms with E-state index in [9.17, 15) is 9.59 Å². The molecule has 1 rings (SSSR count). The van der Waals surface area contributed by atoms with E-state index in [2.05, 4.69) is 35.9 Å². The van der Waals surface area contributed by atoms with Crippen LogP contribution in [-0.2, 0) is 4.79 Å². The highest BCUT2D eigenvalue weighted by molar-refractivity contribution is 7.12. The summed E-state index contributed by atoms with van der Waals surface area (Å²) < 4.78 is 0. The maximum absolute atomic E-state index is 11.6. The number of urea groups is 1. The Bertz CT molecular complexity index is 471. The molecule has 20 heavy (non-hydrogen) atoms. The first-order valence-corrected chi connectivity index (χ1v) is 7.63. The average molecular weight is 297 g/mol. The van der Waals surface area contributed by atoms with E-state index in [4.69, 9.17) is 0 Å². The lowest BCUT2D eigenvalue weighted by Gasteiger charge is -2.13. The molecule has 1 aromatic heterocycles. The molecule has 1 atom stereocenters. The van der Waals surface area contributed by atoms with E-state index in [0.717, 1.165) is 6.42 Å². The third kappa shape index (κ3) is 5.30. The van der Waals surface area contributed by atoms with Crippen molar-refractivity contribution in [3.8, 4) is 0 Å². The van der Waals surface area contributed by atoms with Crippen LogP contribution in [0.5, 0.6) is 0 Å². The number of carbonyl (C=O) groups excluding carboxylic acids is 2. The van der Waals surface area contributed by atoms with Crippen LogP contribution in [0.3, 0.4) is 0 Å². The number of thiophene rings is 1. The van der Waals surface area contributed by atoms with Crippen molar-refractivity contribution < 1.29 is 9.59 Å². The van der Waals surface area contributed by atoms with Crippen molar-refractivity contribution in [1.82, 2.24) is 16.0 Å². The monoisotopic (exact) mass is 297 g/mol. The molecule has 0 aliphatic carbocycles. The Morgan fingerprint density at radius 1 is 1.35 bits per heavy atom. The summed E-state index contributed by atoms with van der Waals surface area (Å²) in [5.74, 6) is -0.324. The largest absolute Gasteiger partial charge is 0.338 e. The molecule has 0 fully saturated rings. The van der Waals surface area contributed by atoms with Gasteiger partial charge in [-0.2, -0.15) is 0 Å². The Hall–Kier alpha value is -1.40. The molecule has 0 aliphatic rings. The van der Waals surface area contributed by atoms with Gasteiger partial charge < -0.3 is 10.6 Å². The lowest BCUT2D eigenvalue weighted by Crippen LogP contribution is -2.43. The number of imide groups is 1. The first-order valence-electron chi connectivity index (χ1n) is 6.82. The van der Waals surface area contributed by atoms with Crippen LogP contribution in [0.15, 0.2) is 6.07 Å². The Kier molecular flexibility index (Phi) is 6.67. The second-order valence-corrected chi connectivity index (χ2v) is 6.24. The third-order valence-corrected chi connectivity index (χ3v) is 3.88. The van der Waals surface area contributed by atoms with Crippen LogP contribution in [0.2, 0.25) is 0 Å². The molecule has 3 N–H and O–H groups in total. The smallest absolute Gasteiger partial charge is 0.321 e. The molecule has 112 valence electrons. The van der Waals surface area contributed by atoms with Gasteiger partial charge in [-0.3, -0.25) is 10.1 Å². The Morgan fingerprint density at radius 3 is 2.60 bits per heavy atom. The molecule has 5 nitrogen and oxygen atoms in total. The quantitative estimate of drug-likeness (QED) is 0.754. The minimum Gasteiger partial charge on any atom is -0.338 e. The van der Waals surface area contributed by atoms with Crippen molar-refractivity contribution in [1.29, 1.82) is 0 Å². The van der Waals surface area contributed by atoms with Crippen LogP contribution in [0, 0.1) is 13.8 Å². The Balaban J connectivity index is 2.37. The van der Waals surface area contributed by atoms with Gasteiger partial charge in [0.05, 0.1) is 6.54 Å². The number of carbonyl (C=O) groups is 2. The maximum Gasteiger partial charge on any atom is 0.321 e. The summed E-state index contributed by atoms with van der Waals surface area (Å²) in [6.07, 6.45) is 0.841. The van der Waals surface area contributed by atoms with Crippen LogP contribution in [-0.4, -0.2) is 25.0 Å². The van der Waals surface area contributed by atoms with Gasteiger partial charge in [0, 0.05) is 22.3 Å². The summed E-state index contributed by atoms with van der Waals surface area (Å²) in [4.78, 5) is 25.4. The summed E-state index contributed by atoms with van der Waals surface area (Å²) in [6, 6.07) is 1.78.